The number of aliphatic hydroxyl groups excluding tert-OH is 1. The Morgan fingerprint density at radius 1 is 1.62 bits per heavy atom. The first kappa shape index (κ1) is 18.8. The average Bonchev–Trinajstić information content (AvgIpc) is 2.88. The second-order valence-corrected chi connectivity index (χ2v) is 6.88. The van der Waals surface area contributed by atoms with Gasteiger partial charge in [-0.2, -0.15) is 0 Å². The standard InChI is InChI=1S/C13H20ClN5O5/c1-6(2)23-11-13(3,14)10(21)16-12(22)19(11)9-4-7(17-18-15)8(5-20)24-9/h6-9,11,20H,4-5H2,1-3H3,(H,16,21,22)/t7?,8?,9?,11-,13+/m1/s1. The van der Waals surface area contributed by atoms with E-state index in [0.717, 1.165) is 0 Å². The second kappa shape index (κ2) is 7.12. The molecule has 0 aromatic carbocycles. The van der Waals surface area contributed by atoms with Gasteiger partial charge in [0, 0.05) is 11.3 Å². The maximum Gasteiger partial charge on any atom is 0.328 e. The molecule has 0 radical (unpaired) electrons. The van der Waals surface area contributed by atoms with Crippen LogP contribution in [0.5, 0.6) is 0 Å². The van der Waals surface area contributed by atoms with Gasteiger partial charge in [-0.05, 0) is 26.3 Å². The Balaban J connectivity index is 2.32. The molecule has 2 N–H and O–H groups in total. The van der Waals surface area contributed by atoms with Gasteiger partial charge in [0.25, 0.3) is 5.91 Å². The molecule has 2 rings (SSSR count). The molecular weight excluding hydrogens is 342 g/mol. The summed E-state index contributed by atoms with van der Waals surface area (Å²) in [7, 11) is 0. The van der Waals surface area contributed by atoms with Crippen molar-refractivity contribution in [2.75, 3.05) is 6.61 Å². The van der Waals surface area contributed by atoms with E-state index in [2.05, 4.69) is 15.3 Å². The molecule has 0 spiro atoms. The normalized spacial score (nSPS) is 36.7. The Bertz CT molecular complexity index is 565. The molecule has 10 nitrogen and oxygen atoms in total. The molecule has 0 aromatic heterocycles. The van der Waals surface area contributed by atoms with Crippen molar-refractivity contribution in [3.63, 3.8) is 0 Å². The Labute approximate surface area is 143 Å². The van der Waals surface area contributed by atoms with Crippen molar-refractivity contribution in [3.05, 3.63) is 10.4 Å². The SMILES string of the molecule is CC(C)O[C@H]1N(C2CC(N=[N+]=[N-])C(CO)O2)C(=O)NC(=O)[C@]1(C)Cl. The summed E-state index contributed by atoms with van der Waals surface area (Å²) in [5.41, 5.74) is 8.62. The van der Waals surface area contributed by atoms with Gasteiger partial charge < -0.3 is 14.6 Å². The van der Waals surface area contributed by atoms with Crippen LogP contribution in [0, 0.1) is 0 Å². The summed E-state index contributed by atoms with van der Waals surface area (Å²) in [5, 5.41) is 15.1. The quantitative estimate of drug-likeness (QED) is 0.326. The highest BCUT2D eigenvalue weighted by Crippen LogP contribution is 2.35. The highest BCUT2D eigenvalue weighted by molar-refractivity contribution is 6.36. The number of hydrogen-bond donors (Lipinski definition) is 2. The van der Waals surface area contributed by atoms with E-state index < -0.39 is 41.4 Å². The van der Waals surface area contributed by atoms with Gasteiger partial charge in [0.2, 0.25) is 0 Å². The predicted octanol–water partition coefficient (Wildman–Crippen LogP) is 1.07. The smallest absolute Gasteiger partial charge is 0.328 e. The topological polar surface area (TPSA) is 137 Å². The van der Waals surface area contributed by atoms with Crippen LogP contribution in [0.25, 0.3) is 10.4 Å². The number of azide groups is 1. The average molecular weight is 362 g/mol. The molecule has 2 heterocycles. The minimum absolute atomic E-state index is 0.155. The summed E-state index contributed by atoms with van der Waals surface area (Å²) in [6, 6.07) is -1.36. The van der Waals surface area contributed by atoms with E-state index in [1.807, 2.05) is 0 Å². The van der Waals surface area contributed by atoms with Crippen molar-refractivity contribution in [2.45, 2.75) is 62.8 Å². The van der Waals surface area contributed by atoms with E-state index in [0.29, 0.717) is 0 Å². The first-order valence-electron chi connectivity index (χ1n) is 7.51. The van der Waals surface area contributed by atoms with Crippen molar-refractivity contribution in [3.8, 4) is 0 Å². The molecule has 2 aliphatic rings. The summed E-state index contributed by atoms with van der Waals surface area (Å²) in [6.45, 7) is 4.57. The fourth-order valence-electron chi connectivity index (χ4n) is 2.73. The molecule has 134 valence electrons. The first-order chi connectivity index (χ1) is 11.2. The molecule has 3 unspecified atom stereocenters. The second-order valence-electron chi connectivity index (χ2n) is 6.10. The lowest BCUT2D eigenvalue weighted by Gasteiger charge is -2.45. The molecule has 0 saturated carbocycles. The van der Waals surface area contributed by atoms with Crippen LogP contribution in [0.2, 0.25) is 0 Å². The number of alkyl halides is 1. The molecule has 5 atom stereocenters. The number of urea groups is 1. The fourth-order valence-corrected chi connectivity index (χ4v) is 2.94. The van der Waals surface area contributed by atoms with Gasteiger partial charge in [-0.1, -0.05) is 5.11 Å². The number of aliphatic hydroxyl groups is 1. The van der Waals surface area contributed by atoms with Crippen LogP contribution in [0.1, 0.15) is 27.2 Å². The van der Waals surface area contributed by atoms with Crippen LogP contribution in [0.15, 0.2) is 5.11 Å². The van der Waals surface area contributed by atoms with E-state index in [1.54, 1.807) is 13.8 Å². The number of halogens is 1. The van der Waals surface area contributed by atoms with Crippen molar-refractivity contribution < 1.29 is 24.2 Å². The van der Waals surface area contributed by atoms with Gasteiger partial charge in [-0.15, -0.1) is 11.6 Å². The van der Waals surface area contributed by atoms with E-state index in [4.69, 9.17) is 26.6 Å². The molecule has 24 heavy (non-hydrogen) atoms. The third-order valence-corrected chi connectivity index (χ3v) is 4.27. The van der Waals surface area contributed by atoms with Crippen LogP contribution < -0.4 is 5.32 Å². The summed E-state index contributed by atoms with van der Waals surface area (Å²) >= 11 is 6.32. The Morgan fingerprint density at radius 3 is 2.83 bits per heavy atom. The Morgan fingerprint density at radius 2 is 2.29 bits per heavy atom. The maximum atomic E-state index is 12.3. The molecule has 2 aliphatic heterocycles. The van der Waals surface area contributed by atoms with Crippen molar-refractivity contribution in [1.82, 2.24) is 10.2 Å². The van der Waals surface area contributed by atoms with Crippen LogP contribution in [0.4, 0.5) is 4.79 Å². The molecule has 11 heteroatoms. The van der Waals surface area contributed by atoms with E-state index in [-0.39, 0.29) is 19.1 Å². The zero-order valence-electron chi connectivity index (χ0n) is 13.5. The minimum Gasteiger partial charge on any atom is -0.394 e. The number of nitrogens with one attached hydrogen (secondary N) is 1. The van der Waals surface area contributed by atoms with E-state index in [1.165, 1.54) is 11.8 Å². The molecule has 2 saturated heterocycles. The minimum atomic E-state index is -1.52. The van der Waals surface area contributed by atoms with Crippen LogP contribution in [-0.2, 0) is 14.3 Å². The number of rotatable bonds is 5. The zero-order valence-corrected chi connectivity index (χ0v) is 14.3. The molecule has 3 amide bonds. The summed E-state index contributed by atoms with van der Waals surface area (Å²) in [6.07, 6.45) is -2.83. The number of hydrogen-bond acceptors (Lipinski definition) is 6. The molecular formula is C13H20ClN5O5. The lowest BCUT2D eigenvalue weighted by Crippen LogP contribution is -2.69. The summed E-state index contributed by atoms with van der Waals surface area (Å²) in [5.74, 6) is -0.667. The van der Waals surface area contributed by atoms with Gasteiger partial charge >= 0.3 is 6.03 Å². The predicted molar refractivity (Wildman–Crippen MR) is 82.9 cm³/mol. The van der Waals surface area contributed by atoms with Crippen LogP contribution >= 0.6 is 11.6 Å². The number of amides is 3. The van der Waals surface area contributed by atoms with Crippen molar-refractivity contribution >= 4 is 23.5 Å². The number of ether oxygens (including phenoxy) is 2. The van der Waals surface area contributed by atoms with E-state index >= 15 is 0 Å². The largest absolute Gasteiger partial charge is 0.394 e. The Kier molecular flexibility index (Phi) is 5.56. The highest BCUT2D eigenvalue weighted by Gasteiger charge is 2.55. The summed E-state index contributed by atoms with van der Waals surface area (Å²) in [4.78, 5) is 26.8. The zero-order chi connectivity index (χ0) is 18.1. The lowest BCUT2D eigenvalue weighted by atomic mass is 10.0. The van der Waals surface area contributed by atoms with Gasteiger partial charge in [0.15, 0.2) is 11.1 Å². The van der Waals surface area contributed by atoms with Gasteiger partial charge in [-0.3, -0.25) is 15.0 Å². The van der Waals surface area contributed by atoms with Gasteiger partial charge in [0.05, 0.1) is 24.9 Å². The molecule has 0 aliphatic carbocycles. The van der Waals surface area contributed by atoms with Crippen LogP contribution in [0.3, 0.4) is 0 Å². The number of nitrogens with zero attached hydrogens (tertiary/aromatic N) is 4. The maximum absolute atomic E-state index is 12.3. The number of carbonyl (C=O) groups excluding carboxylic acids is 2. The third kappa shape index (κ3) is 3.42. The van der Waals surface area contributed by atoms with E-state index in [9.17, 15) is 14.7 Å². The highest BCUT2D eigenvalue weighted by atomic mass is 35.5. The molecule has 0 aromatic rings. The van der Waals surface area contributed by atoms with Gasteiger partial charge in [0.1, 0.15) is 6.23 Å². The van der Waals surface area contributed by atoms with Gasteiger partial charge in [-0.25, -0.2) is 4.79 Å². The van der Waals surface area contributed by atoms with Crippen LogP contribution in [-0.4, -0.2) is 64.1 Å². The fraction of sp³-hybridized carbons (Fsp3) is 0.846. The lowest BCUT2D eigenvalue weighted by molar-refractivity contribution is -0.170. The molecule has 0 bridgehead atoms. The van der Waals surface area contributed by atoms with Crippen molar-refractivity contribution in [1.29, 1.82) is 0 Å². The number of imide groups is 1. The monoisotopic (exact) mass is 361 g/mol. The first-order valence-corrected chi connectivity index (χ1v) is 7.88. The molecule has 2 fully saturated rings. The summed E-state index contributed by atoms with van der Waals surface area (Å²) < 4.78 is 11.3. The van der Waals surface area contributed by atoms with Crippen molar-refractivity contribution in [2.24, 2.45) is 5.11 Å². The Hall–Kier alpha value is -1.58. The number of carbonyl (C=O) groups is 2. The third-order valence-electron chi connectivity index (χ3n) is 3.91.